The van der Waals surface area contributed by atoms with Crippen LogP contribution in [0.5, 0.6) is 11.5 Å². The number of ether oxygens (including phenoxy) is 1. The molecule has 0 atom stereocenters. The van der Waals surface area contributed by atoms with Gasteiger partial charge in [-0.15, -0.1) is 0 Å². The van der Waals surface area contributed by atoms with Gasteiger partial charge < -0.3 is 4.74 Å². The minimum Gasteiger partial charge on any atom is -0.450 e. The average molecular weight is 379 g/mol. The average Bonchev–Trinajstić information content (AvgIpc) is 2.43. The lowest BCUT2D eigenvalue weighted by molar-refractivity contribution is -0.384. The van der Waals surface area contributed by atoms with Crippen molar-refractivity contribution in [3.8, 4) is 11.5 Å². The van der Waals surface area contributed by atoms with Crippen LogP contribution in [0.1, 0.15) is 5.56 Å². The lowest BCUT2D eigenvalue weighted by atomic mass is 10.2. The van der Waals surface area contributed by atoms with Gasteiger partial charge >= 0.3 is 0 Å². The number of rotatable bonds is 4. The van der Waals surface area contributed by atoms with Gasteiger partial charge in [0.1, 0.15) is 5.75 Å². The fourth-order valence-corrected chi connectivity index (χ4v) is 2.12. The molecule has 2 aromatic carbocycles. The fourth-order valence-electron chi connectivity index (χ4n) is 1.58. The maximum atomic E-state index is 13.8. The summed E-state index contributed by atoms with van der Waals surface area (Å²) in [6, 6.07) is 5.58. The lowest BCUT2D eigenvalue weighted by Gasteiger charge is -2.10. The van der Waals surface area contributed by atoms with E-state index in [1.807, 2.05) is 0 Å². The summed E-state index contributed by atoms with van der Waals surface area (Å²) in [5, 5.41) is 10.8. The topological polar surface area (TPSA) is 52.4 Å². The highest BCUT2D eigenvalue weighted by atomic mass is 79.9. The molecule has 0 heterocycles. The Labute approximate surface area is 131 Å². The van der Waals surface area contributed by atoms with Crippen molar-refractivity contribution in [1.82, 2.24) is 0 Å². The van der Waals surface area contributed by atoms with Crippen LogP contribution in [0.2, 0.25) is 5.02 Å². The van der Waals surface area contributed by atoms with Gasteiger partial charge in [-0.1, -0.05) is 27.5 Å². The first kappa shape index (κ1) is 15.7. The minimum atomic E-state index is -0.890. The normalized spacial score (nSPS) is 10.5. The Morgan fingerprint density at radius 3 is 2.33 bits per heavy atom. The maximum Gasteiger partial charge on any atom is 0.271 e. The van der Waals surface area contributed by atoms with E-state index in [-0.39, 0.29) is 16.5 Å². The third-order valence-electron chi connectivity index (χ3n) is 2.55. The molecule has 0 bridgehead atoms. The summed E-state index contributed by atoms with van der Waals surface area (Å²) in [6.07, 6.45) is 0. The van der Waals surface area contributed by atoms with E-state index >= 15 is 0 Å². The Balaban J connectivity index is 2.37. The van der Waals surface area contributed by atoms with E-state index in [1.54, 1.807) is 0 Å². The Morgan fingerprint density at radius 1 is 1.24 bits per heavy atom. The van der Waals surface area contributed by atoms with Gasteiger partial charge in [0.25, 0.3) is 5.69 Å². The second kappa shape index (κ2) is 6.36. The molecule has 0 aromatic heterocycles. The number of hydrogen-bond donors (Lipinski definition) is 0. The van der Waals surface area contributed by atoms with Crippen LogP contribution in [0.25, 0.3) is 0 Å². The van der Waals surface area contributed by atoms with Crippen LogP contribution < -0.4 is 4.74 Å². The Kier molecular flexibility index (Phi) is 4.74. The lowest BCUT2D eigenvalue weighted by Crippen LogP contribution is -1.96. The van der Waals surface area contributed by atoms with Gasteiger partial charge in [0.05, 0.1) is 9.95 Å². The molecule has 110 valence electrons. The zero-order chi connectivity index (χ0) is 15.6. The number of hydrogen-bond acceptors (Lipinski definition) is 3. The van der Waals surface area contributed by atoms with Crippen LogP contribution in [0.3, 0.4) is 0 Å². The first-order valence-electron chi connectivity index (χ1n) is 5.58. The molecule has 21 heavy (non-hydrogen) atoms. The minimum absolute atomic E-state index is 0.0772. The second-order valence-corrected chi connectivity index (χ2v) is 4.96. The van der Waals surface area contributed by atoms with Gasteiger partial charge in [-0.05, 0) is 23.8 Å². The Morgan fingerprint density at radius 2 is 1.86 bits per heavy atom. The molecule has 0 saturated carbocycles. The molecule has 0 aliphatic rings. The van der Waals surface area contributed by atoms with E-state index in [9.17, 15) is 18.9 Å². The summed E-state index contributed by atoms with van der Waals surface area (Å²) in [7, 11) is 0. The van der Waals surface area contributed by atoms with Gasteiger partial charge in [-0.25, -0.2) is 8.78 Å². The number of nitro groups is 1. The van der Waals surface area contributed by atoms with Crippen LogP contribution >= 0.6 is 27.5 Å². The van der Waals surface area contributed by atoms with Gasteiger partial charge in [-0.2, -0.15) is 0 Å². The molecule has 0 spiro atoms. The zero-order valence-corrected chi connectivity index (χ0v) is 12.6. The van der Waals surface area contributed by atoms with Crippen molar-refractivity contribution in [3.05, 3.63) is 62.7 Å². The van der Waals surface area contributed by atoms with Crippen molar-refractivity contribution in [2.45, 2.75) is 5.33 Å². The monoisotopic (exact) mass is 377 g/mol. The quantitative estimate of drug-likeness (QED) is 0.417. The van der Waals surface area contributed by atoms with Crippen LogP contribution in [0, 0.1) is 21.7 Å². The van der Waals surface area contributed by atoms with Crippen LogP contribution in [0.15, 0.2) is 30.3 Å². The predicted octanol–water partition coefficient (Wildman–Crippen LogP) is 5.21. The molecule has 0 aliphatic heterocycles. The molecule has 0 unspecified atom stereocenters. The number of non-ortho nitro benzene ring substituents is 1. The van der Waals surface area contributed by atoms with Crippen molar-refractivity contribution < 1.29 is 18.4 Å². The molecule has 0 radical (unpaired) electrons. The Hall–Kier alpha value is -1.73. The zero-order valence-electron chi connectivity index (χ0n) is 10.3. The molecule has 2 rings (SSSR count). The molecule has 0 amide bonds. The van der Waals surface area contributed by atoms with Crippen molar-refractivity contribution in [3.63, 3.8) is 0 Å². The third-order valence-corrected chi connectivity index (χ3v) is 3.49. The molecule has 0 fully saturated rings. The summed E-state index contributed by atoms with van der Waals surface area (Å²) >= 11 is 8.90. The smallest absolute Gasteiger partial charge is 0.271 e. The highest BCUT2D eigenvalue weighted by Gasteiger charge is 2.16. The molecular weight excluding hydrogens is 372 g/mol. The largest absolute Gasteiger partial charge is 0.450 e. The molecular formula is C13H7BrClF2NO3. The molecule has 0 saturated heterocycles. The van der Waals surface area contributed by atoms with E-state index in [0.717, 1.165) is 24.3 Å². The van der Waals surface area contributed by atoms with E-state index in [2.05, 4.69) is 15.9 Å². The summed E-state index contributed by atoms with van der Waals surface area (Å²) in [6.45, 7) is 0. The first-order chi connectivity index (χ1) is 9.92. The number of halogens is 4. The third kappa shape index (κ3) is 3.48. The number of nitrogens with zero attached hydrogens (tertiary/aromatic N) is 1. The highest BCUT2D eigenvalue weighted by molar-refractivity contribution is 9.08. The molecule has 2 aromatic rings. The predicted molar refractivity (Wildman–Crippen MR) is 77.2 cm³/mol. The van der Waals surface area contributed by atoms with Crippen LogP contribution in [-0.4, -0.2) is 4.92 Å². The van der Waals surface area contributed by atoms with Crippen molar-refractivity contribution in [2.75, 3.05) is 0 Å². The molecule has 4 nitrogen and oxygen atoms in total. The first-order valence-corrected chi connectivity index (χ1v) is 7.08. The van der Waals surface area contributed by atoms with E-state index < -0.39 is 22.3 Å². The van der Waals surface area contributed by atoms with Crippen molar-refractivity contribution in [2.24, 2.45) is 0 Å². The summed E-state index contributed by atoms with van der Waals surface area (Å²) in [5.74, 6) is -2.47. The van der Waals surface area contributed by atoms with Crippen molar-refractivity contribution in [1.29, 1.82) is 0 Å². The van der Waals surface area contributed by atoms with Crippen LogP contribution in [0.4, 0.5) is 14.5 Å². The molecule has 8 heteroatoms. The molecule has 0 N–H and O–H groups in total. The number of alkyl halides is 1. The molecule has 0 aliphatic carbocycles. The van der Waals surface area contributed by atoms with Gasteiger partial charge in [-0.3, -0.25) is 10.1 Å². The maximum absolute atomic E-state index is 13.8. The summed E-state index contributed by atoms with van der Waals surface area (Å²) in [4.78, 5) is 9.95. The van der Waals surface area contributed by atoms with Gasteiger partial charge in [0, 0.05) is 17.5 Å². The fraction of sp³-hybridized carbons (Fsp3) is 0.0769. The van der Waals surface area contributed by atoms with E-state index in [4.69, 9.17) is 16.3 Å². The Bertz CT molecular complexity index is 689. The van der Waals surface area contributed by atoms with E-state index in [1.165, 1.54) is 6.07 Å². The van der Waals surface area contributed by atoms with E-state index in [0.29, 0.717) is 10.9 Å². The standard InChI is InChI=1S/C13H7BrClF2NO3/c14-6-7-3-10(16)13(11(17)4-7)21-12-2-1-8(18(19)20)5-9(12)15/h1-5H,6H2. The summed E-state index contributed by atoms with van der Waals surface area (Å²) in [5.41, 5.74) is 0.162. The number of nitro benzene ring substituents is 1. The SMILES string of the molecule is O=[N+]([O-])c1ccc(Oc2c(F)cc(CBr)cc2F)c(Cl)c1. The van der Waals surface area contributed by atoms with Gasteiger partial charge in [0.2, 0.25) is 0 Å². The second-order valence-electron chi connectivity index (χ2n) is 4.00. The van der Waals surface area contributed by atoms with Crippen molar-refractivity contribution >= 4 is 33.2 Å². The number of benzene rings is 2. The summed E-state index contributed by atoms with van der Waals surface area (Å²) < 4.78 is 32.7. The highest BCUT2D eigenvalue weighted by Crippen LogP contribution is 2.35. The van der Waals surface area contributed by atoms with Crippen LogP contribution in [-0.2, 0) is 5.33 Å². The van der Waals surface area contributed by atoms with Gasteiger partial charge in [0.15, 0.2) is 17.4 Å².